The predicted octanol–water partition coefficient (Wildman–Crippen LogP) is 3.91. The average Bonchev–Trinajstić information content (AvgIpc) is 2.70. The van der Waals surface area contributed by atoms with Crippen molar-refractivity contribution in [3.05, 3.63) is 77.2 Å². The lowest BCUT2D eigenvalue weighted by atomic mass is 10.1. The first-order chi connectivity index (χ1) is 13.1. The Morgan fingerprint density at radius 2 is 1.74 bits per heavy atom. The van der Waals surface area contributed by atoms with E-state index in [2.05, 4.69) is 20.6 Å². The third-order valence-electron chi connectivity index (χ3n) is 3.58. The Kier molecular flexibility index (Phi) is 5.63. The topological polar surface area (TPSA) is 93.2 Å². The summed E-state index contributed by atoms with van der Waals surface area (Å²) in [5, 5.41) is 6.32. The van der Waals surface area contributed by atoms with Gasteiger partial charge in [-0.1, -0.05) is 23.7 Å². The van der Waals surface area contributed by atoms with E-state index in [1.807, 2.05) is 0 Å². The van der Waals surface area contributed by atoms with E-state index in [9.17, 15) is 9.59 Å². The van der Waals surface area contributed by atoms with Crippen LogP contribution in [0, 0.1) is 0 Å². The predicted molar refractivity (Wildman–Crippen MR) is 103 cm³/mol. The number of aromatic nitrogens is 2. The van der Waals surface area contributed by atoms with Crippen molar-refractivity contribution in [1.29, 1.82) is 0 Å². The first kappa shape index (κ1) is 18.3. The zero-order valence-corrected chi connectivity index (χ0v) is 15.0. The highest BCUT2D eigenvalue weighted by molar-refractivity contribution is 6.30. The molecule has 0 spiro atoms. The van der Waals surface area contributed by atoms with Gasteiger partial charge in [-0.3, -0.25) is 4.79 Å². The maximum Gasteiger partial charge on any atom is 0.339 e. The second-order valence-electron chi connectivity index (χ2n) is 5.41. The van der Waals surface area contributed by atoms with E-state index < -0.39 is 11.9 Å². The van der Waals surface area contributed by atoms with Crippen LogP contribution in [0.3, 0.4) is 0 Å². The van der Waals surface area contributed by atoms with E-state index in [0.717, 1.165) is 5.69 Å². The molecule has 7 nitrogen and oxygen atoms in total. The molecule has 0 atom stereocenters. The molecule has 2 N–H and O–H groups in total. The van der Waals surface area contributed by atoms with Gasteiger partial charge in [0.2, 0.25) is 0 Å². The number of benzene rings is 2. The molecule has 0 saturated heterocycles. The fourth-order valence-electron chi connectivity index (χ4n) is 2.26. The van der Waals surface area contributed by atoms with Crippen LogP contribution in [-0.4, -0.2) is 29.0 Å². The Balaban J connectivity index is 1.71. The Morgan fingerprint density at radius 1 is 1.00 bits per heavy atom. The van der Waals surface area contributed by atoms with Gasteiger partial charge in [-0.2, -0.15) is 0 Å². The fraction of sp³-hybridized carbons (Fsp3) is 0.0526. The molecule has 1 aromatic heterocycles. The second kappa shape index (κ2) is 8.29. The van der Waals surface area contributed by atoms with Crippen molar-refractivity contribution in [1.82, 2.24) is 9.97 Å². The summed E-state index contributed by atoms with van der Waals surface area (Å²) in [6.07, 6.45) is 2.78. The quantitative estimate of drug-likeness (QED) is 0.650. The summed E-state index contributed by atoms with van der Waals surface area (Å²) in [6.45, 7) is 0. The fourth-order valence-corrected chi connectivity index (χ4v) is 2.38. The van der Waals surface area contributed by atoms with Gasteiger partial charge in [0.1, 0.15) is 11.5 Å². The molecule has 0 bridgehead atoms. The normalized spacial score (nSPS) is 10.1. The number of ether oxygens (including phenoxy) is 1. The van der Waals surface area contributed by atoms with Gasteiger partial charge in [0.15, 0.2) is 0 Å². The van der Waals surface area contributed by atoms with E-state index >= 15 is 0 Å². The van der Waals surface area contributed by atoms with Gasteiger partial charge in [-0.25, -0.2) is 14.8 Å². The van der Waals surface area contributed by atoms with Gasteiger partial charge in [0.25, 0.3) is 5.91 Å². The average molecular weight is 383 g/mol. The lowest BCUT2D eigenvalue weighted by Gasteiger charge is -2.09. The Labute approximate surface area is 160 Å². The molecule has 0 fully saturated rings. The summed E-state index contributed by atoms with van der Waals surface area (Å²) in [4.78, 5) is 32.4. The molecular formula is C19H15ClN4O3. The molecule has 0 aliphatic heterocycles. The summed E-state index contributed by atoms with van der Waals surface area (Å²) < 4.78 is 4.71. The molecule has 2 aromatic carbocycles. The summed E-state index contributed by atoms with van der Waals surface area (Å²) in [5.41, 5.74) is 1.48. The van der Waals surface area contributed by atoms with E-state index in [1.54, 1.807) is 48.5 Å². The van der Waals surface area contributed by atoms with E-state index in [1.165, 1.54) is 19.5 Å². The minimum Gasteiger partial charge on any atom is -0.465 e. The first-order valence-electron chi connectivity index (χ1n) is 7.90. The van der Waals surface area contributed by atoms with E-state index in [-0.39, 0.29) is 11.3 Å². The van der Waals surface area contributed by atoms with Crippen molar-refractivity contribution < 1.29 is 14.3 Å². The van der Waals surface area contributed by atoms with Gasteiger partial charge in [0, 0.05) is 10.7 Å². The second-order valence-corrected chi connectivity index (χ2v) is 5.85. The molecule has 27 heavy (non-hydrogen) atoms. The number of carbonyl (C=O) groups excluding carboxylic acids is 2. The lowest BCUT2D eigenvalue weighted by molar-refractivity contribution is 0.0602. The highest BCUT2D eigenvalue weighted by atomic mass is 35.5. The number of nitrogens with one attached hydrogen (secondary N) is 2. The summed E-state index contributed by atoms with van der Waals surface area (Å²) >= 11 is 5.85. The molecule has 0 radical (unpaired) electrons. The van der Waals surface area contributed by atoms with Gasteiger partial charge in [-0.15, -0.1) is 0 Å². The zero-order chi connectivity index (χ0) is 19.2. The van der Waals surface area contributed by atoms with Crippen LogP contribution in [0.15, 0.2) is 60.9 Å². The summed E-state index contributed by atoms with van der Waals surface area (Å²) in [5.74, 6) is -0.555. The minimum atomic E-state index is -0.542. The summed E-state index contributed by atoms with van der Waals surface area (Å²) in [7, 11) is 1.28. The molecule has 0 saturated carbocycles. The number of rotatable bonds is 5. The molecule has 136 valence electrons. The molecule has 0 unspecified atom stereocenters. The number of carbonyl (C=O) groups is 2. The smallest absolute Gasteiger partial charge is 0.339 e. The molecule has 8 heteroatoms. The van der Waals surface area contributed by atoms with Gasteiger partial charge < -0.3 is 15.4 Å². The number of hydrogen-bond donors (Lipinski definition) is 2. The van der Waals surface area contributed by atoms with Crippen molar-refractivity contribution in [2.45, 2.75) is 0 Å². The van der Waals surface area contributed by atoms with Crippen LogP contribution in [0.25, 0.3) is 0 Å². The van der Waals surface area contributed by atoms with Gasteiger partial charge in [-0.05, 0) is 36.4 Å². The number of amides is 1. The third kappa shape index (κ3) is 4.59. The molecule has 3 rings (SSSR count). The van der Waals surface area contributed by atoms with Crippen LogP contribution in [0.1, 0.15) is 20.8 Å². The third-order valence-corrected chi connectivity index (χ3v) is 3.83. The van der Waals surface area contributed by atoms with Crippen molar-refractivity contribution >= 4 is 40.7 Å². The molecule has 1 heterocycles. The van der Waals surface area contributed by atoms with E-state index in [4.69, 9.17) is 16.3 Å². The van der Waals surface area contributed by atoms with Crippen LogP contribution >= 0.6 is 11.6 Å². The summed E-state index contributed by atoms with van der Waals surface area (Å²) in [6, 6.07) is 13.6. The van der Waals surface area contributed by atoms with Crippen LogP contribution in [-0.2, 0) is 4.74 Å². The van der Waals surface area contributed by atoms with Crippen molar-refractivity contribution in [3.63, 3.8) is 0 Å². The number of nitrogens with zero attached hydrogens (tertiary/aromatic N) is 2. The van der Waals surface area contributed by atoms with Gasteiger partial charge >= 0.3 is 5.97 Å². The van der Waals surface area contributed by atoms with Crippen molar-refractivity contribution in [3.8, 4) is 0 Å². The zero-order valence-electron chi connectivity index (χ0n) is 14.3. The van der Waals surface area contributed by atoms with Crippen LogP contribution in [0.4, 0.5) is 17.2 Å². The van der Waals surface area contributed by atoms with Crippen LogP contribution < -0.4 is 10.6 Å². The Hall–Kier alpha value is -3.45. The lowest BCUT2D eigenvalue weighted by Crippen LogP contribution is -2.17. The SMILES string of the molecule is COC(=O)c1ccccc1NC(=O)c1cnc(Nc2ccc(Cl)cc2)cn1. The number of esters is 1. The molecule has 0 aliphatic rings. The Bertz CT molecular complexity index is 959. The molecular weight excluding hydrogens is 368 g/mol. The van der Waals surface area contributed by atoms with Crippen molar-refractivity contribution in [2.24, 2.45) is 0 Å². The molecule has 0 aliphatic carbocycles. The number of methoxy groups -OCH3 is 1. The van der Waals surface area contributed by atoms with E-state index in [0.29, 0.717) is 16.5 Å². The first-order valence-corrected chi connectivity index (χ1v) is 8.28. The highest BCUT2D eigenvalue weighted by Gasteiger charge is 2.15. The highest BCUT2D eigenvalue weighted by Crippen LogP contribution is 2.18. The number of anilines is 3. The largest absolute Gasteiger partial charge is 0.465 e. The van der Waals surface area contributed by atoms with Crippen LogP contribution in [0.5, 0.6) is 0 Å². The molecule has 3 aromatic rings. The standard InChI is InChI=1S/C19H15ClN4O3/c1-27-19(26)14-4-2-3-5-15(14)24-18(25)16-10-22-17(11-21-16)23-13-8-6-12(20)7-9-13/h2-11H,1H3,(H,22,23)(H,24,25). The monoisotopic (exact) mass is 382 g/mol. The minimum absolute atomic E-state index is 0.108. The maximum atomic E-state index is 12.4. The number of para-hydroxylation sites is 1. The Morgan fingerprint density at radius 3 is 2.41 bits per heavy atom. The van der Waals surface area contributed by atoms with Crippen LogP contribution in [0.2, 0.25) is 5.02 Å². The number of hydrogen-bond acceptors (Lipinski definition) is 6. The van der Waals surface area contributed by atoms with Crippen molar-refractivity contribution in [2.75, 3.05) is 17.7 Å². The maximum absolute atomic E-state index is 12.4. The molecule has 1 amide bonds. The number of halogens is 1. The van der Waals surface area contributed by atoms with Gasteiger partial charge in [0.05, 0.1) is 30.8 Å².